The lowest BCUT2D eigenvalue weighted by Crippen LogP contribution is -2.27. The molecule has 1 fully saturated rings. The van der Waals surface area contributed by atoms with Gasteiger partial charge in [-0.25, -0.2) is 4.79 Å². The molecule has 1 saturated heterocycles. The van der Waals surface area contributed by atoms with Crippen molar-refractivity contribution in [1.82, 2.24) is 4.90 Å². The van der Waals surface area contributed by atoms with E-state index in [1.165, 1.54) is 0 Å². The fourth-order valence-corrected chi connectivity index (χ4v) is 1.93. The van der Waals surface area contributed by atoms with Crippen molar-refractivity contribution in [3.8, 4) is 11.5 Å². The van der Waals surface area contributed by atoms with Gasteiger partial charge in [-0.15, -0.1) is 0 Å². The molecular formula is C13H13NO4. The topological polar surface area (TPSA) is 48.0 Å². The highest BCUT2D eigenvalue weighted by atomic mass is 16.7. The van der Waals surface area contributed by atoms with E-state index in [0.29, 0.717) is 6.61 Å². The van der Waals surface area contributed by atoms with E-state index in [9.17, 15) is 4.79 Å². The van der Waals surface area contributed by atoms with Crippen LogP contribution in [0.2, 0.25) is 0 Å². The Morgan fingerprint density at radius 3 is 2.89 bits per heavy atom. The molecule has 2 aliphatic rings. The van der Waals surface area contributed by atoms with Crippen LogP contribution in [0.25, 0.3) is 6.08 Å². The largest absolute Gasteiger partial charge is 0.454 e. The number of rotatable bonds is 2. The predicted octanol–water partition coefficient (Wildman–Crippen LogP) is 1.88. The van der Waals surface area contributed by atoms with Crippen LogP contribution in [0.15, 0.2) is 24.3 Å². The minimum atomic E-state index is -0.282. The number of benzene rings is 1. The monoisotopic (exact) mass is 247 g/mol. The van der Waals surface area contributed by atoms with Gasteiger partial charge >= 0.3 is 6.09 Å². The van der Waals surface area contributed by atoms with Gasteiger partial charge in [-0.05, 0) is 17.7 Å². The molecule has 18 heavy (non-hydrogen) atoms. The molecule has 5 nitrogen and oxygen atoms in total. The van der Waals surface area contributed by atoms with E-state index in [0.717, 1.165) is 17.1 Å². The molecule has 0 N–H and O–H groups in total. The van der Waals surface area contributed by atoms with Crippen LogP contribution in [0, 0.1) is 0 Å². The van der Waals surface area contributed by atoms with E-state index in [1.807, 2.05) is 30.4 Å². The Bertz CT molecular complexity index is 512. The third-order valence-electron chi connectivity index (χ3n) is 3.07. The Morgan fingerprint density at radius 2 is 2.11 bits per heavy atom. The number of cyclic esters (lactones) is 1. The highest BCUT2D eigenvalue weighted by Gasteiger charge is 2.27. The number of hydrogen-bond acceptors (Lipinski definition) is 4. The highest BCUT2D eigenvalue weighted by molar-refractivity contribution is 5.70. The molecule has 0 saturated carbocycles. The molecule has 0 bridgehead atoms. The van der Waals surface area contributed by atoms with Gasteiger partial charge in [0.05, 0.1) is 6.04 Å². The van der Waals surface area contributed by atoms with E-state index >= 15 is 0 Å². The lowest BCUT2D eigenvalue weighted by molar-refractivity contribution is 0.163. The van der Waals surface area contributed by atoms with Crippen LogP contribution in [0.4, 0.5) is 4.79 Å². The van der Waals surface area contributed by atoms with Gasteiger partial charge in [0.15, 0.2) is 11.5 Å². The normalized spacial score (nSPS) is 21.7. The molecule has 3 rings (SSSR count). The Balaban J connectivity index is 1.74. The number of ether oxygens (including phenoxy) is 3. The van der Waals surface area contributed by atoms with Crippen LogP contribution >= 0.6 is 0 Å². The zero-order valence-corrected chi connectivity index (χ0v) is 9.96. The predicted molar refractivity (Wildman–Crippen MR) is 64.5 cm³/mol. The van der Waals surface area contributed by atoms with Crippen molar-refractivity contribution < 1.29 is 19.0 Å². The second-order valence-corrected chi connectivity index (χ2v) is 4.23. The number of amides is 1. The van der Waals surface area contributed by atoms with Gasteiger partial charge in [0.25, 0.3) is 0 Å². The van der Waals surface area contributed by atoms with Crippen molar-refractivity contribution in [3.05, 3.63) is 29.8 Å². The zero-order valence-electron chi connectivity index (χ0n) is 9.96. The van der Waals surface area contributed by atoms with Gasteiger partial charge in [0.1, 0.15) is 6.61 Å². The van der Waals surface area contributed by atoms with Gasteiger partial charge in [0.2, 0.25) is 6.79 Å². The maximum Gasteiger partial charge on any atom is 0.410 e. The zero-order chi connectivity index (χ0) is 12.5. The molecule has 0 radical (unpaired) electrons. The van der Waals surface area contributed by atoms with Crippen molar-refractivity contribution >= 4 is 12.2 Å². The van der Waals surface area contributed by atoms with Crippen LogP contribution in [0.3, 0.4) is 0 Å². The van der Waals surface area contributed by atoms with Crippen LogP contribution in [-0.2, 0) is 4.74 Å². The first-order valence-corrected chi connectivity index (χ1v) is 5.71. The summed E-state index contributed by atoms with van der Waals surface area (Å²) < 4.78 is 15.5. The molecule has 0 unspecified atom stereocenters. The summed E-state index contributed by atoms with van der Waals surface area (Å²) in [6.07, 6.45) is 3.61. The third kappa shape index (κ3) is 1.88. The molecule has 94 valence electrons. The van der Waals surface area contributed by atoms with Gasteiger partial charge in [0, 0.05) is 7.05 Å². The second-order valence-electron chi connectivity index (χ2n) is 4.23. The maximum atomic E-state index is 11.2. The number of nitrogens with zero attached hydrogens (tertiary/aromatic N) is 1. The van der Waals surface area contributed by atoms with Gasteiger partial charge in [-0.2, -0.15) is 0 Å². The molecule has 1 aromatic carbocycles. The summed E-state index contributed by atoms with van der Waals surface area (Å²) in [6, 6.07) is 5.73. The third-order valence-corrected chi connectivity index (χ3v) is 3.07. The van der Waals surface area contributed by atoms with E-state index < -0.39 is 0 Å². The van der Waals surface area contributed by atoms with Crippen LogP contribution in [0.5, 0.6) is 11.5 Å². The maximum absolute atomic E-state index is 11.2. The molecule has 5 heteroatoms. The average molecular weight is 247 g/mol. The minimum Gasteiger partial charge on any atom is -0.454 e. The molecule has 1 atom stereocenters. The van der Waals surface area contributed by atoms with Gasteiger partial charge < -0.3 is 19.1 Å². The number of fused-ring (bicyclic) bond motifs is 1. The summed E-state index contributed by atoms with van der Waals surface area (Å²) in [5.41, 5.74) is 1.01. The first-order chi connectivity index (χ1) is 8.74. The second kappa shape index (κ2) is 4.25. The van der Waals surface area contributed by atoms with Crippen LogP contribution < -0.4 is 9.47 Å². The van der Waals surface area contributed by atoms with Gasteiger partial charge in [-0.1, -0.05) is 18.2 Å². The van der Waals surface area contributed by atoms with Crippen molar-refractivity contribution in [2.75, 3.05) is 20.4 Å². The number of hydrogen-bond donors (Lipinski definition) is 0. The SMILES string of the molecule is CN1C(=O)OC[C@H]1/C=C\c1ccc2c(c1)OCO2. The smallest absolute Gasteiger partial charge is 0.410 e. The van der Waals surface area contributed by atoms with Crippen LogP contribution in [0.1, 0.15) is 5.56 Å². The fraction of sp³-hybridized carbons (Fsp3) is 0.308. The van der Waals surface area contributed by atoms with Crippen LogP contribution in [-0.4, -0.2) is 37.5 Å². The summed E-state index contributed by atoms with van der Waals surface area (Å²) in [5.74, 6) is 1.52. The molecule has 2 aliphatic heterocycles. The van der Waals surface area contributed by atoms with E-state index in [4.69, 9.17) is 14.2 Å². The van der Waals surface area contributed by atoms with Crippen molar-refractivity contribution in [3.63, 3.8) is 0 Å². The van der Waals surface area contributed by atoms with Crippen molar-refractivity contribution in [2.45, 2.75) is 6.04 Å². The lowest BCUT2D eigenvalue weighted by Gasteiger charge is -2.11. The lowest BCUT2D eigenvalue weighted by atomic mass is 10.1. The number of likely N-dealkylation sites (N-methyl/N-ethyl adjacent to an activating group) is 1. The number of carbonyl (C=O) groups is 1. The Labute approximate surface area is 105 Å². The summed E-state index contributed by atoms with van der Waals surface area (Å²) in [4.78, 5) is 12.8. The standard InChI is InChI=1S/C13H13NO4/c1-14-10(7-16-13(14)15)4-2-9-3-5-11-12(6-9)18-8-17-11/h2-6,10H,7-8H2,1H3/b4-2-/t10-/m1/s1. The molecule has 1 amide bonds. The summed E-state index contributed by atoms with van der Waals surface area (Å²) >= 11 is 0. The first-order valence-electron chi connectivity index (χ1n) is 5.71. The minimum absolute atomic E-state index is 0.0112. The van der Waals surface area contributed by atoms with Crippen molar-refractivity contribution in [2.24, 2.45) is 0 Å². The Morgan fingerprint density at radius 1 is 1.28 bits per heavy atom. The average Bonchev–Trinajstić information content (AvgIpc) is 2.96. The molecule has 2 heterocycles. The fourth-order valence-electron chi connectivity index (χ4n) is 1.93. The van der Waals surface area contributed by atoms with E-state index in [-0.39, 0.29) is 18.9 Å². The summed E-state index contributed by atoms with van der Waals surface area (Å²) in [5, 5.41) is 0. The molecule has 1 aromatic rings. The molecular weight excluding hydrogens is 234 g/mol. The van der Waals surface area contributed by atoms with Gasteiger partial charge in [-0.3, -0.25) is 0 Å². The molecule has 0 spiro atoms. The molecule has 0 aliphatic carbocycles. The summed E-state index contributed by atoms with van der Waals surface area (Å²) in [6.45, 7) is 0.673. The Hall–Kier alpha value is -2.17. The Kier molecular flexibility index (Phi) is 2.59. The summed E-state index contributed by atoms with van der Waals surface area (Å²) in [7, 11) is 1.73. The first kappa shape index (κ1) is 11.0. The number of carbonyl (C=O) groups excluding carboxylic acids is 1. The molecule has 0 aromatic heterocycles. The van der Waals surface area contributed by atoms with E-state index in [2.05, 4.69) is 0 Å². The highest BCUT2D eigenvalue weighted by Crippen LogP contribution is 2.32. The quantitative estimate of drug-likeness (QED) is 0.800. The van der Waals surface area contributed by atoms with Crippen molar-refractivity contribution in [1.29, 1.82) is 0 Å². The van der Waals surface area contributed by atoms with E-state index in [1.54, 1.807) is 11.9 Å².